The number of benzene rings is 1. The van der Waals surface area contributed by atoms with Gasteiger partial charge in [-0.2, -0.15) is 0 Å². The van der Waals surface area contributed by atoms with Crippen LogP contribution in [0.15, 0.2) is 18.2 Å². The summed E-state index contributed by atoms with van der Waals surface area (Å²) in [6.45, 7) is 7.68. The second kappa shape index (κ2) is 5.65. The Labute approximate surface area is 105 Å². The van der Waals surface area contributed by atoms with Gasteiger partial charge in [-0.05, 0) is 69.4 Å². The average Bonchev–Trinajstić information content (AvgIpc) is 2.84. The van der Waals surface area contributed by atoms with Crippen LogP contribution in [0.3, 0.4) is 0 Å². The summed E-state index contributed by atoms with van der Waals surface area (Å²) in [6, 6.07) is 7.18. The largest absolute Gasteiger partial charge is 0.330 e. The Hall–Kier alpha value is -0.860. The normalized spacial score (nSPS) is 18.5. The summed E-state index contributed by atoms with van der Waals surface area (Å²) in [6.07, 6.45) is 3.75. The molecule has 2 N–H and O–H groups in total. The third-order valence-electron chi connectivity index (χ3n) is 4.03. The maximum Gasteiger partial charge on any atom is 0.0362 e. The number of nitrogens with two attached hydrogens (primary N) is 1. The molecule has 0 spiro atoms. The monoisotopic (exact) mass is 232 g/mol. The zero-order chi connectivity index (χ0) is 12.3. The Morgan fingerprint density at radius 3 is 2.59 bits per heavy atom. The molecule has 1 heterocycles. The van der Waals surface area contributed by atoms with Gasteiger partial charge in [-0.3, -0.25) is 4.90 Å². The maximum atomic E-state index is 5.80. The van der Waals surface area contributed by atoms with Gasteiger partial charge in [0, 0.05) is 6.04 Å². The summed E-state index contributed by atoms with van der Waals surface area (Å²) >= 11 is 0. The lowest BCUT2D eigenvalue weighted by Crippen LogP contribution is -2.28. The highest BCUT2D eigenvalue weighted by molar-refractivity contribution is 5.35. The van der Waals surface area contributed by atoms with Crippen LogP contribution in [0.5, 0.6) is 0 Å². The first kappa shape index (κ1) is 12.6. The highest BCUT2D eigenvalue weighted by Gasteiger charge is 2.24. The van der Waals surface area contributed by atoms with E-state index in [0.29, 0.717) is 6.04 Å². The van der Waals surface area contributed by atoms with Gasteiger partial charge in [-0.25, -0.2) is 0 Å². The molecular weight excluding hydrogens is 208 g/mol. The fraction of sp³-hybridized carbons (Fsp3) is 0.600. The number of aryl methyl sites for hydroxylation is 1. The lowest BCUT2D eigenvalue weighted by molar-refractivity contribution is 0.235. The molecule has 0 aliphatic carbocycles. The molecule has 1 aliphatic rings. The molecule has 1 saturated heterocycles. The number of hydrogen-bond acceptors (Lipinski definition) is 2. The smallest absolute Gasteiger partial charge is 0.0362 e. The Kier molecular flexibility index (Phi) is 4.19. The van der Waals surface area contributed by atoms with Crippen molar-refractivity contribution in [2.24, 2.45) is 5.73 Å². The predicted octanol–water partition coefficient (Wildman–Crippen LogP) is 2.79. The molecule has 2 heteroatoms. The standard InChI is InChI=1S/C15H24N2/c1-12-6-5-7-14(13(12)2)15(8-9-16)17-10-3-4-11-17/h5-7,15H,3-4,8-11,16H2,1-2H3. The van der Waals surface area contributed by atoms with Crippen molar-refractivity contribution >= 4 is 0 Å². The topological polar surface area (TPSA) is 29.3 Å². The minimum absolute atomic E-state index is 0.530. The van der Waals surface area contributed by atoms with Gasteiger partial charge in [-0.15, -0.1) is 0 Å². The average molecular weight is 232 g/mol. The zero-order valence-electron chi connectivity index (χ0n) is 11.1. The fourth-order valence-corrected chi connectivity index (χ4v) is 2.88. The van der Waals surface area contributed by atoms with Crippen LogP contribution >= 0.6 is 0 Å². The summed E-state index contributed by atoms with van der Waals surface area (Å²) in [4.78, 5) is 2.61. The van der Waals surface area contributed by atoms with Crippen molar-refractivity contribution in [3.8, 4) is 0 Å². The van der Waals surface area contributed by atoms with E-state index in [2.05, 4.69) is 36.9 Å². The second-order valence-electron chi connectivity index (χ2n) is 5.13. The van der Waals surface area contributed by atoms with E-state index in [0.717, 1.165) is 13.0 Å². The van der Waals surface area contributed by atoms with Gasteiger partial charge in [-0.1, -0.05) is 18.2 Å². The van der Waals surface area contributed by atoms with Gasteiger partial charge in [0.1, 0.15) is 0 Å². The molecule has 0 bridgehead atoms. The van der Waals surface area contributed by atoms with E-state index in [1.165, 1.54) is 42.6 Å². The van der Waals surface area contributed by atoms with Gasteiger partial charge >= 0.3 is 0 Å². The van der Waals surface area contributed by atoms with Crippen LogP contribution in [-0.2, 0) is 0 Å². The minimum atomic E-state index is 0.530. The summed E-state index contributed by atoms with van der Waals surface area (Å²) in [5.74, 6) is 0. The summed E-state index contributed by atoms with van der Waals surface area (Å²) in [7, 11) is 0. The van der Waals surface area contributed by atoms with Crippen LogP contribution < -0.4 is 5.73 Å². The van der Waals surface area contributed by atoms with Crippen molar-refractivity contribution in [2.75, 3.05) is 19.6 Å². The molecule has 1 atom stereocenters. The molecule has 94 valence electrons. The predicted molar refractivity (Wildman–Crippen MR) is 73.1 cm³/mol. The fourth-order valence-electron chi connectivity index (χ4n) is 2.88. The van der Waals surface area contributed by atoms with E-state index in [9.17, 15) is 0 Å². The molecule has 0 saturated carbocycles. The summed E-state index contributed by atoms with van der Waals surface area (Å²) in [5, 5.41) is 0. The van der Waals surface area contributed by atoms with Crippen molar-refractivity contribution in [3.05, 3.63) is 34.9 Å². The highest BCUT2D eigenvalue weighted by Crippen LogP contribution is 2.30. The molecule has 2 nitrogen and oxygen atoms in total. The molecule has 1 unspecified atom stereocenters. The van der Waals surface area contributed by atoms with Crippen molar-refractivity contribution in [2.45, 2.75) is 39.2 Å². The van der Waals surface area contributed by atoms with E-state index in [4.69, 9.17) is 5.73 Å². The van der Waals surface area contributed by atoms with Crippen LogP contribution in [-0.4, -0.2) is 24.5 Å². The number of hydrogen-bond donors (Lipinski definition) is 1. The third kappa shape index (κ3) is 2.70. The van der Waals surface area contributed by atoms with Crippen LogP contribution in [0, 0.1) is 13.8 Å². The van der Waals surface area contributed by atoms with Crippen molar-refractivity contribution in [1.29, 1.82) is 0 Å². The van der Waals surface area contributed by atoms with Crippen LogP contribution in [0.2, 0.25) is 0 Å². The van der Waals surface area contributed by atoms with E-state index in [-0.39, 0.29) is 0 Å². The van der Waals surface area contributed by atoms with Crippen molar-refractivity contribution in [3.63, 3.8) is 0 Å². The lowest BCUT2D eigenvalue weighted by atomic mass is 9.94. The molecule has 0 radical (unpaired) electrons. The van der Waals surface area contributed by atoms with E-state index in [1.807, 2.05) is 0 Å². The van der Waals surface area contributed by atoms with Gasteiger partial charge in [0.25, 0.3) is 0 Å². The van der Waals surface area contributed by atoms with Gasteiger partial charge in [0.15, 0.2) is 0 Å². The molecule has 0 amide bonds. The first-order valence-corrected chi connectivity index (χ1v) is 6.74. The first-order valence-electron chi connectivity index (χ1n) is 6.74. The molecule has 17 heavy (non-hydrogen) atoms. The minimum Gasteiger partial charge on any atom is -0.330 e. The Morgan fingerprint density at radius 1 is 1.24 bits per heavy atom. The Balaban J connectivity index is 2.27. The number of nitrogens with zero attached hydrogens (tertiary/aromatic N) is 1. The van der Waals surface area contributed by atoms with E-state index in [1.54, 1.807) is 0 Å². The summed E-state index contributed by atoms with van der Waals surface area (Å²) < 4.78 is 0. The van der Waals surface area contributed by atoms with Crippen LogP contribution in [0.4, 0.5) is 0 Å². The molecule has 1 aromatic rings. The van der Waals surface area contributed by atoms with Gasteiger partial charge < -0.3 is 5.73 Å². The Morgan fingerprint density at radius 2 is 1.94 bits per heavy atom. The Bertz CT molecular complexity index is 367. The van der Waals surface area contributed by atoms with E-state index >= 15 is 0 Å². The third-order valence-corrected chi connectivity index (χ3v) is 4.03. The van der Waals surface area contributed by atoms with Crippen molar-refractivity contribution < 1.29 is 0 Å². The zero-order valence-corrected chi connectivity index (χ0v) is 11.1. The molecule has 1 fully saturated rings. The number of rotatable bonds is 4. The quantitative estimate of drug-likeness (QED) is 0.865. The molecule has 1 aliphatic heterocycles. The molecule has 2 rings (SSSR count). The summed E-state index contributed by atoms with van der Waals surface area (Å²) in [5.41, 5.74) is 10.1. The van der Waals surface area contributed by atoms with E-state index < -0.39 is 0 Å². The molecule has 0 aromatic heterocycles. The van der Waals surface area contributed by atoms with Crippen LogP contribution in [0.1, 0.15) is 42.0 Å². The SMILES string of the molecule is Cc1cccc(C(CCN)N2CCCC2)c1C. The highest BCUT2D eigenvalue weighted by atomic mass is 15.2. The van der Waals surface area contributed by atoms with Gasteiger partial charge in [0.05, 0.1) is 0 Å². The second-order valence-corrected chi connectivity index (χ2v) is 5.13. The lowest BCUT2D eigenvalue weighted by Gasteiger charge is -2.29. The molecule has 1 aromatic carbocycles. The maximum absolute atomic E-state index is 5.80. The van der Waals surface area contributed by atoms with Crippen molar-refractivity contribution in [1.82, 2.24) is 4.90 Å². The first-order chi connectivity index (χ1) is 8.24. The van der Waals surface area contributed by atoms with Crippen LogP contribution in [0.25, 0.3) is 0 Å². The molecular formula is C15H24N2. The number of likely N-dealkylation sites (tertiary alicyclic amines) is 1. The van der Waals surface area contributed by atoms with Gasteiger partial charge in [0.2, 0.25) is 0 Å².